The molecule has 0 atom stereocenters. The number of rotatable bonds is 3. The minimum Gasteiger partial charge on any atom is -0.507 e. The van der Waals surface area contributed by atoms with Crippen LogP contribution in [-0.2, 0) is 12.8 Å². The monoisotopic (exact) mass is 381 g/mol. The van der Waals surface area contributed by atoms with Crippen molar-refractivity contribution in [3.05, 3.63) is 51.4 Å². The van der Waals surface area contributed by atoms with E-state index in [-0.39, 0.29) is 22.9 Å². The molecule has 1 fully saturated rings. The van der Waals surface area contributed by atoms with Crippen LogP contribution in [0, 0.1) is 0 Å². The van der Waals surface area contributed by atoms with Gasteiger partial charge in [0.2, 0.25) is 0 Å². The molecule has 0 aliphatic heterocycles. The second-order valence-corrected chi connectivity index (χ2v) is 8.23. The molecule has 0 radical (unpaired) electrons. The number of carbonyl (C=O) groups is 1. The summed E-state index contributed by atoms with van der Waals surface area (Å²) in [5.74, 6) is -0.732. The van der Waals surface area contributed by atoms with E-state index in [9.17, 15) is 14.7 Å². The third-order valence-electron chi connectivity index (χ3n) is 5.34. The lowest BCUT2D eigenvalue weighted by Crippen LogP contribution is -2.33. The average Bonchev–Trinajstić information content (AvgIpc) is 3.40. The fourth-order valence-electron chi connectivity index (χ4n) is 3.91. The number of nitrogens with zero attached hydrogens (tertiary/aromatic N) is 2. The lowest BCUT2D eigenvalue weighted by molar-refractivity contribution is 0.102. The van der Waals surface area contributed by atoms with Crippen molar-refractivity contribution in [2.24, 2.45) is 0 Å². The summed E-state index contributed by atoms with van der Waals surface area (Å²) in [5.41, 5.74) is 1.95. The molecule has 1 aromatic carbocycles. The zero-order valence-corrected chi connectivity index (χ0v) is 15.5. The number of hydrogen-bond donors (Lipinski definition) is 2. The van der Waals surface area contributed by atoms with Crippen molar-refractivity contribution in [1.82, 2.24) is 9.55 Å². The number of nitrogens with one attached hydrogen (secondary N) is 1. The average molecular weight is 381 g/mol. The SMILES string of the molecule is O=C(Nc1nc2ccccc2s1)c1c(O)c2c(n(C3CC3)c1=O)CCCC2. The van der Waals surface area contributed by atoms with Crippen LogP contribution in [0.2, 0.25) is 0 Å². The molecule has 2 aliphatic carbocycles. The second-order valence-electron chi connectivity index (χ2n) is 7.20. The highest BCUT2D eigenvalue weighted by atomic mass is 32.1. The van der Waals surface area contributed by atoms with Crippen LogP contribution >= 0.6 is 11.3 Å². The number of benzene rings is 1. The maximum absolute atomic E-state index is 13.1. The molecule has 2 aliphatic rings. The van der Waals surface area contributed by atoms with Gasteiger partial charge in [-0.2, -0.15) is 0 Å². The first kappa shape index (κ1) is 16.5. The maximum atomic E-state index is 13.1. The summed E-state index contributed by atoms with van der Waals surface area (Å²) in [6, 6.07) is 7.77. The molecular weight excluding hydrogens is 362 g/mol. The van der Waals surface area contributed by atoms with Crippen LogP contribution in [0.3, 0.4) is 0 Å². The Bertz CT molecular complexity index is 1090. The predicted octanol–water partition coefficient (Wildman–Crippen LogP) is 3.63. The second kappa shape index (κ2) is 6.20. The number of pyridine rings is 1. The molecule has 2 aromatic heterocycles. The number of carbonyl (C=O) groups excluding carboxylic acids is 1. The molecule has 0 unspecified atom stereocenters. The Morgan fingerprint density at radius 2 is 2.00 bits per heavy atom. The molecule has 6 nitrogen and oxygen atoms in total. The van der Waals surface area contributed by atoms with E-state index in [2.05, 4.69) is 10.3 Å². The summed E-state index contributed by atoms with van der Waals surface area (Å²) in [7, 11) is 0. The van der Waals surface area contributed by atoms with E-state index in [1.165, 1.54) is 11.3 Å². The Hall–Kier alpha value is -2.67. The van der Waals surface area contributed by atoms with Crippen molar-refractivity contribution in [2.75, 3.05) is 5.32 Å². The van der Waals surface area contributed by atoms with Crippen LogP contribution in [0.5, 0.6) is 5.75 Å². The number of aromatic nitrogens is 2. The summed E-state index contributed by atoms with van der Waals surface area (Å²) in [4.78, 5) is 30.4. The van der Waals surface area contributed by atoms with Crippen LogP contribution in [-0.4, -0.2) is 20.6 Å². The standard InChI is InChI=1S/C20H19N3O3S/c24-17-12-5-1-3-7-14(12)23(11-9-10-11)19(26)16(17)18(25)22-20-21-13-6-2-4-8-15(13)27-20/h2,4,6,8,11,24H,1,3,5,7,9-10H2,(H,21,22,25). The highest BCUT2D eigenvalue weighted by Crippen LogP contribution is 2.39. The molecule has 3 aromatic rings. The van der Waals surface area contributed by atoms with Crippen LogP contribution in [0.4, 0.5) is 5.13 Å². The minimum atomic E-state index is -0.584. The molecule has 5 rings (SSSR count). The van der Waals surface area contributed by atoms with Crippen molar-refractivity contribution in [1.29, 1.82) is 0 Å². The van der Waals surface area contributed by atoms with Gasteiger partial charge in [-0.05, 0) is 50.7 Å². The third kappa shape index (κ3) is 2.73. The predicted molar refractivity (Wildman–Crippen MR) is 105 cm³/mol. The topological polar surface area (TPSA) is 84.2 Å². The zero-order valence-electron chi connectivity index (χ0n) is 14.7. The Morgan fingerprint density at radius 1 is 1.22 bits per heavy atom. The van der Waals surface area contributed by atoms with Crippen LogP contribution in [0.15, 0.2) is 29.1 Å². The normalized spacial score (nSPS) is 16.3. The summed E-state index contributed by atoms with van der Waals surface area (Å²) in [6.07, 6.45) is 5.37. The smallest absolute Gasteiger partial charge is 0.267 e. The summed E-state index contributed by atoms with van der Waals surface area (Å²) < 4.78 is 2.72. The molecule has 138 valence electrons. The summed E-state index contributed by atoms with van der Waals surface area (Å²) in [5, 5.41) is 13.9. The highest BCUT2D eigenvalue weighted by Gasteiger charge is 2.34. The van der Waals surface area contributed by atoms with Gasteiger partial charge in [0.05, 0.1) is 10.2 Å². The lowest BCUT2D eigenvalue weighted by atomic mass is 9.93. The van der Waals surface area contributed by atoms with Crippen molar-refractivity contribution >= 4 is 32.6 Å². The van der Waals surface area contributed by atoms with Gasteiger partial charge < -0.3 is 9.67 Å². The van der Waals surface area contributed by atoms with Gasteiger partial charge in [-0.3, -0.25) is 14.9 Å². The molecule has 0 bridgehead atoms. The van der Waals surface area contributed by atoms with E-state index in [0.29, 0.717) is 11.6 Å². The number of para-hydroxylation sites is 1. The number of thiazole rings is 1. The fraction of sp³-hybridized carbons (Fsp3) is 0.350. The molecule has 1 saturated carbocycles. The Labute approximate surface area is 159 Å². The summed E-state index contributed by atoms with van der Waals surface area (Å²) >= 11 is 1.35. The minimum absolute atomic E-state index is 0.148. The Kier molecular flexibility index (Phi) is 3.79. The molecule has 7 heteroatoms. The van der Waals surface area contributed by atoms with Crippen molar-refractivity contribution < 1.29 is 9.90 Å². The fourth-order valence-corrected chi connectivity index (χ4v) is 4.78. The number of hydrogen-bond acceptors (Lipinski definition) is 5. The van der Waals surface area contributed by atoms with Gasteiger partial charge in [-0.15, -0.1) is 0 Å². The van der Waals surface area contributed by atoms with Gasteiger partial charge in [0.15, 0.2) is 5.13 Å². The van der Waals surface area contributed by atoms with Gasteiger partial charge in [-0.1, -0.05) is 23.5 Å². The Balaban J connectivity index is 1.58. The van der Waals surface area contributed by atoms with Gasteiger partial charge in [-0.25, -0.2) is 4.98 Å². The third-order valence-corrected chi connectivity index (χ3v) is 6.29. The molecule has 2 heterocycles. The molecule has 1 amide bonds. The first-order valence-electron chi connectivity index (χ1n) is 9.29. The maximum Gasteiger partial charge on any atom is 0.267 e. The van der Waals surface area contributed by atoms with Gasteiger partial charge in [0.25, 0.3) is 11.5 Å². The van der Waals surface area contributed by atoms with Crippen molar-refractivity contribution in [3.63, 3.8) is 0 Å². The lowest BCUT2D eigenvalue weighted by Gasteiger charge is -2.23. The van der Waals surface area contributed by atoms with Crippen LogP contribution < -0.4 is 10.9 Å². The van der Waals surface area contributed by atoms with Gasteiger partial charge in [0, 0.05) is 17.3 Å². The van der Waals surface area contributed by atoms with E-state index < -0.39 is 5.91 Å². The summed E-state index contributed by atoms with van der Waals surface area (Å²) in [6.45, 7) is 0. The zero-order chi connectivity index (χ0) is 18.5. The van der Waals surface area contributed by atoms with E-state index in [4.69, 9.17) is 0 Å². The van der Waals surface area contributed by atoms with E-state index in [1.807, 2.05) is 24.3 Å². The number of aromatic hydroxyl groups is 1. The van der Waals surface area contributed by atoms with Crippen molar-refractivity contribution in [2.45, 2.75) is 44.6 Å². The van der Waals surface area contributed by atoms with Crippen LogP contribution in [0.25, 0.3) is 10.2 Å². The first-order chi connectivity index (χ1) is 13.1. The molecule has 2 N–H and O–H groups in total. The van der Waals surface area contributed by atoms with E-state index in [1.54, 1.807) is 4.57 Å². The van der Waals surface area contributed by atoms with Crippen molar-refractivity contribution in [3.8, 4) is 5.75 Å². The quantitative estimate of drug-likeness (QED) is 0.726. The van der Waals surface area contributed by atoms with Gasteiger partial charge >= 0.3 is 0 Å². The van der Waals surface area contributed by atoms with Gasteiger partial charge in [0.1, 0.15) is 11.3 Å². The number of fused-ring (bicyclic) bond motifs is 2. The highest BCUT2D eigenvalue weighted by molar-refractivity contribution is 7.22. The van der Waals surface area contributed by atoms with E-state index in [0.717, 1.165) is 53.6 Å². The van der Waals surface area contributed by atoms with E-state index >= 15 is 0 Å². The number of amides is 1. The Morgan fingerprint density at radius 3 is 2.78 bits per heavy atom. The molecular formula is C20H19N3O3S. The first-order valence-corrected chi connectivity index (χ1v) is 10.1. The molecule has 27 heavy (non-hydrogen) atoms. The van der Waals surface area contributed by atoms with Crippen LogP contribution in [0.1, 0.15) is 53.3 Å². The molecule has 0 spiro atoms. The number of anilines is 1. The molecule has 0 saturated heterocycles. The largest absolute Gasteiger partial charge is 0.507 e.